The zero-order valence-electron chi connectivity index (χ0n) is 9.21. The first-order chi connectivity index (χ1) is 6.34. The van der Waals surface area contributed by atoms with Gasteiger partial charge in [-0.1, -0.05) is 6.92 Å². The lowest BCUT2D eigenvalue weighted by Gasteiger charge is -2.39. The summed E-state index contributed by atoms with van der Waals surface area (Å²) in [7, 11) is 0. The number of amides is 1. The van der Waals surface area contributed by atoms with E-state index in [9.17, 15) is 9.18 Å². The van der Waals surface area contributed by atoms with Gasteiger partial charge >= 0.3 is 0 Å². The molecule has 1 amide bonds. The van der Waals surface area contributed by atoms with Crippen molar-refractivity contribution < 1.29 is 9.18 Å². The lowest BCUT2D eigenvalue weighted by Crippen LogP contribution is -2.53. The summed E-state index contributed by atoms with van der Waals surface area (Å²) < 4.78 is 13.5. The lowest BCUT2D eigenvalue weighted by molar-refractivity contribution is -0.143. The van der Waals surface area contributed by atoms with Crippen LogP contribution in [-0.2, 0) is 4.79 Å². The zero-order valence-corrected chi connectivity index (χ0v) is 10.0. The molecule has 0 aliphatic carbocycles. The van der Waals surface area contributed by atoms with E-state index < -0.39 is 5.67 Å². The summed E-state index contributed by atoms with van der Waals surface area (Å²) in [5.74, 6) is 0.532. The molecule has 0 spiro atoms. The van der Waals surface area contributed by atoms with Crippen LogP contribution in [0, 0.1) is 0 Å². The number of carbonyl (C=O) groups is 1. The average Bonchev–Trinajstić information content (AvgIpc) is 2.07. The Labute approximate surface area is 89.2 Å². The molecule has 1 heterocycles. The largest absolute Gasteiger partial charge is 0.335 e. The van der Waals surface area contributed by atoms with Crippen molar-refractivity contribution in [1.82, 2.24) is 4.90 Å². The smallest absolute Gasteiger partial charge is 0.259 e. The molecule has 82 valence electrons. The summed E-state index contributed by atoms with van der Waals surface area (Å²) in [5, 5.41) is 0.398. The Balaban J connectivity index is 2.72. The summed E-state index contributed by atoms with van der Waals surface area (Å²) in [5.41, 5.74) is -1.74. The number of hydrogen-bond acceptors (Lipinski definition) is 2. The monoisotopic (exact) mass is 219 g/mol. The highest BCUT2D eigenvalue weighted by molar-refractivity contribution is 8.00. The second-order valence-corrected chi connectivity index (χ2v) is 5.77. The highest BCUT2D eigenvalue weighted by atomic mass is 32.2. The van der Waals surface area contributed by atoms with Crippen molar-refractivity contribution in [2.75, 3.05) is 12.3 Å². The second-order valence-electron chi connectivity index (χ2n) is 4.29. The molecule has 1 rings (SSSR count). The quantitative estimate of drug-likeness (QED) is 0.673. The van der Waals surface area contributed by atoms with E-state index in [2.05, 4.69) is 6.92 Å². The minimum absolute atomic E-state index is 0.135. The Morgan fingerprint density at radius 1 is 1.50 bits per heavy atom. The Kier molecular flexibility index (Phi) is 3.45. The molecular formula is C10H18FNOS. The van der Waals surface area contributed by atoms with E-state index in [0.717, 1.165) is 5.75 Å². The second kappa shape index (κ2) is 4.09. The molecule has 2 nitrogen and oxygen atoms in total. The maximum Gasteiger partial charge on any atom is 0.259 e. The van der Waals surface area contributed by atoms with Crippen molar-refractivity contribution in [2.45, 2.75) is 44.7 Å². The van der Waals surface area contributed by atoms with E-state index in [4.69, 9.17) is 0 Å². The van der Waals surface area contributed by atoms with Crippen LogP contribution in [0.3, 0.4) is 0 Å². The van der Waals surface area contributed by atoms with Gasteiger partial charge in [-0.05, 0) is 20.8 Å². The number of halogens is 1. The van der Waals surface area contributed by atoms with Gasteiger partial charge in [-0.2, -0.15) is 11.8 Å². The molecule has 0 aromatic carbocycles. The van der Waals surface area contributed by atoms with Crippen molar-refractivity contribution >= 4 is 17.7 Å². The first-order valence-electron chi connectivity index (χ1n) is 4.95. The summed E-state index contributed by atoms with van der Waals surface area (Å²) in [6.45, 7) is 7.39. The van der Waals surface area contributed by atoms with Gasteiger partial charge in [-0.3, -0.25) is 4.79 Å². The van der Waals surface area contributed by atoms with Crippen molar-refractivity contribution in [2.24, 2.45) is 0 Å². The molecule has 1 fully saturated rings. The van der Waals surface area contributed by atoms with Crippen LogP contribution in [0.1, 0.15) is 27.7 Å². The van der Waals surface area contributed by atoms with Crippen LogP contribution < -0.4 is 0 Å². The van der Waals surface area contributed by atoms with Gasteiger partial charge in [0, 0.05) is 23.6 Å². The van der Waals surface area contributed by atoms with Crippen molar-refractivity contribution in [3.05, 3.63) is 0 Å². The Hall–Kier alpha value is -0.250. The summed E-state index contributed by atoms with van der Waals surface area (Å²) in [6, 6.07) is 0.135. The molecular weight excluding hydrogens is 201 g/mol. The third kappa shape index (κ3) is 2.41. The van der Waals surface area contributed by atoms with Gasteiger partial charge in [0.2, 0.25) is 0 Å². The number of nitrogens with zero attached hydrogens (tertiary/aromatic N) is 1. The van der Waals surface area contributed by atoms with Crippen LogP contribution in [0.4, 0.5) is 4.39 Å². The van der Waals surface area contributed by atoms with Gasteiger partial charge in [-0.25, -0.2) is 4.39 Å². The Morgan fingerprint density at radius 3 is 2.57 bits per heavy atom. The van der Waals surface area contributed by atoms with Gasteiger partial charge in [0.05, 0.1) is 0 Å². The molecule has 1 aliphatic rings. The zero-order chi connectivity index (χ0) is 10.9. The van der Waals surface area contributed by atoms with Crippen LogP contribution in [0.2, 0.25) is 0 Å². The normalized spacial score (nSPS) is 29.1. The first kappa shape index (κ1) is 11.8. The van der Waals surface area contributed by atoms with E-state index in [1.165, 1.54) is 13.8 Å². The van der Waals surface area contributed by atoms with Gasteiger partial charge in [0.1, 0.15) is 0 Å². The third-order valence-electron chi connectivity index (χ3n) is 2.65. The fourth-order valence-corrected chi connectivity index (χ4v) is 2.66. The maximum atomic E-state index is 13.5. The predicted molar refractivity (Wildman–Crippen MR) is 58.3 cm³/mol. The summed E-state index contributed by atoms with van der Waals surface area (Å²) in [6.07, 6.45) is 0. The van der Waals surface area contributed by atoms with E-state index in [1.807, 2.05) is 18.7 Å². The van der Waals surface area contributed by atoms with Crippen molar-refractivity contribution in [3.8, 4) is 0 Å². The summed E-state index contributed by atoms with van der Waals surface area (Å²) >= 11 is 1.84. The number of thioether (sulfide) groups is 1. The molecule has 0 aromatic heterocycles. The van der Waals surface area contributed by atoms with E-state index >= 15 is 0 Å². The van der Waals surface area contributed by atoms with Crippen LogP contribution in [0.15, 0.2) is 0 Å². The number of rotatable bonds is 1. The fraction of sp³-hybridized carbons (Fsp3) is 0.900. The molecule has 0 radical (unpaired) electrons. The minimum atomic E-state index is -1.74. The number of hydrogen-bond donors (Lipinski definition) is 0. The van der Waals surface area contributed by atoms with E-state index in [-0.39, 0.29) is 11.9 Å². The van der Waals surface area contributed by atoms with Crippen LogP contribution in [-0.4, -0.2) is 40.1 Å². The Bertz CT molecular complexity index is 227. The fourth-order valence-electron chi connectivity index (χ4n) is 1.56. The van der Waals surface area contributed by atoms with Gasteiger partial charge in [0.25, 0.3) is 5.91 Å². The molecule has 14 heavy (non-hydrogen) atoms. The molecule has 1 aliphatic heterocycles. The molecule has 4 heteroatoms. The van der Waals surface area contributed by atoms with Crippen LogP contribution >= 0.6 is 11.8 Å². The first-order valence-corrected chi connectivity index (χ1v) is 6.00. The maximum absolute atomic E-state index is 13.5. The number of carbonyl (C=O) groups excluding carboxylic acids is 1. The average molecular weight is 219 g/mol. The summed E-state index contributed by atoms with van der Waals surface area (Å²) in [4.78, 5) is 13.4. The SMILES string of the molecule is CC1SCCN(C(=O)C(C)(C)F)C1C. The highest BCUT2D eigenvalue weighted by Gasteiger charge is 2.37. The molecule has 0 saturated carbocycles. The molecule has 0 bridgehead atoms. The highest BCUT2D eigenvalue weighted by Crippen LogP contribution is 2.26. The topological polar surface area (TPSA) is 20.3 Å². The Morgan fingerprint density at radius 2 is 2.07 bits per heavy atom. The molecule has 2 atom stereocenters. The van der Waals surface area contributed by atoms with Crippen molar-refractivity contribution in [1.29, 1.82) is 0 Å². The van der Waals surface area contributed by atoms with Crippen molar-refractivity contribution in [3.63, 3.8) is 0 Å². The van der Waals surface area contributed by atoms with Crippen LogP contribution in [0.25, 0.3) is 0 Å². The van der Waals surface area contributed by atoms with Gasteiger partial charge < -0.3 is 4.90 Å². The third-order valence-corrected chi connectivity index (χ3v) is 3.99. The van der Waals surface area contributed by atoms with E-state index in [1.54, 1.807) is 4.90 Å². The predicted octanol–water partition coefficient (Wildman–Crippen LogP) is 2.09. The van der Waals surface area contributed by atoms with E-state index in [0.29, 0.717) is 11.8 Å². The molecule has 2 unspecified atom stereocenters. The number of alkyl halides is 1. The van der Waals surface area contributed by atoms with Crippen LogP contribution in [0.5, 0.6) is 0 Å². The van der Waals surface area contributed by atoms with Gasteiger partial charge in [0.15, 0.2) is 5.67 Å². The van der Waals surface area contributed by atoms with Gasteiger partial charge in [-0.15, -0.1) is 0 Å². The molecule has 0 N–H and O–H groups in total. The molecule has 1 saturated heterocycles. The molecule has 0 aromatic rings. The minimum Gasteiger partial charge on any atom is -0.335 e. The lowest BCUT2D eigenvalue weighted by atomic mass is 10.1. The standard InChI is InChI=1S/C10H18FNOS/c1-7-8(2)14-6-5-12(7)9(13)10(3,4)11/h7-8H,5-6H2,1-4H3.